The number of nitrogens with one attached hydrogen (secondary N) is 2. The molecule has 4 aromatic rings. The summed E-state index contributed by atoms with van der Waals surface area (Å²) in [6.45, 7) is 0. The van der Waals surface area contributed by atoms with Gasteiger partial charge in [-0.25, -0.2) is 9.97 Å². The van der Waals surface area contributed by atoms with Gasteiger partial charge in [-0.1, -0.05) is 42.1 Å². The number of amides is 1. The van der Waals surface area contributed by atoms with Crippen LogP contribution < -0.4 is 5.32 Å². The minimum atomic E-state index is -0.245. The minimum absolute atomic E-state index is 0.245. The SMILES string of the molecule is O=C(Nc1nc2ccccc2[nH]1)c1cccnc1Sc1ccccc1. The molecule has 0 atom stereocenters. The second-order valence-electron chi connectivity index (χ2n) is 5.33. The van der Waals surface area contributed by atoms with Gasteiger partial charge >= 0.3 is 0 Å². The molecular formula is C19H14N4OS. The fourth-order valence-electron chi connectivity index (χ4n) is 2.43. The number of benzene rings is 2. The van der Waals surface area contributed by atoms with Crippen molar-refractivity contribution in [3.05, 3.63) is 78.5 Å². The van der Waals surface area contributed by atoms with Crippen molar-refractivity contribution in [3.63, 3.8) is 0 Å². The molecule has 0 aliphatic rings. The van der Waals surface area contributed by atoms with Crippen LogP contribution in [-0.2, 0) is 0 Å². The van der Waals surface area contributed by atoms with Gasteiger partial charge in [-0.3, -0.25) is 10.1 Å². The van der Waals surface area contributed by atoms with Gasteiger partial charge in [-0.05, 0) is 36.4 Å². The smallest absolute Gasteiger partial charge is 0.260 e. The minimum Gasteiger partial charge on any atom is -0.324 e. The van der Waals surface area contributed by atoms with Crippen molar-refractivity contribution in [1.29, 1.82) is 0 Å². The van der Waals surface area contributed by atoms with Gasteiger partial charge in [0.05, 0.1) is 16.6 Å². The third-order valence-corrected chi connectivity index (χ3v) is 4.62. The van der Waals surface area contributed by atoms with Crippen molar-refractivity contribution in [2.45, 2.75) is 9.92 Å². The van der Waals surface area contributed by atoms with Gasteiger partial charge in [0, 0.05) is 11.1 Å². The Balaban J connectivity index is 1.59. The molecule has 0 aliphatic heterocycles. The highest BCUT2D eigenvalue weighted by molar-refractivity contribution is 7.99. The summed E-state index contributed by atoms with van der Waals surface area (Å²) >= 11 is 1.46. The van der Waals surface area contributed by atoms with E-state index in [1.165, 1.54) is 11.8 Å². The second kappa shape index (κ2) is 6.78. The Labute approximate surface area is 148 Å². The van der Waals surface area contributed by atoms with Crippen LogP contribution >= 0.6 is 11.8 Å². The number of carbonyl (C=O) groups excluding carboxylic acids is 1. The number of carbonyl (C=O) groups is 1. The quantitative estimate of drug-likeness (QED) is 0.576. The van der Waals surface area contributed by atoms with Crippen LogP contribution in [0.4, 0.5) is 5.95 Å². The zero-order chi connectivity index (χ0) is 17.1. The van der Waals surface area contributed by atoms with Gasteiger partial charge in [-0.15, -0.1) is 0 Å². The van der Waals surface area contributed by atoms with Gasteiger partial charge in [0.1, 0.15) is 5.03 Å². The molecule has 2 heterocycles. The van der Waals surface area contributed by atoms with E-state index >= 15 is 0 Å². The lowest BCUT2D eigenvalue weighted by atomic mass is 10.3. The zero-order valence-electron chi connectivity index (χ0n) is 13.1. The first-order valence-electron chi connectivity index (χ1n) is 7.73. The second-order valence-corrected chi connectivity index (χ2v) is 6.39. The first-order valence-corrected chi connectivity index (χ1v) is 8.55. The Morgan fingerprint density at radius 1 is 0.960 bits per heavy atom. The maximum atomic E-state index is 12.7. The van der Waals surface area contributed by atoms with E-state index < -0.39 is 0 Å². The molecule has 4 rings (SSSR count). The molecule has 2 aromatic heterocycles. The summed E-state index contributed by atoms with van der Waals surface area (Å²) in [6, 6.07) is 21.0. The fourth-order valence-corrected chi connectivity index (χ4v) is 3.33. The van der Waals surface area contributed by atoms with Gasteiger partial charge in [-0.2, -0.15) is 0 Å². The van der Waals surface area contributed by atoms with Crippen LogP contribution in [0.3, 0.4) is 0 Å². The third-order valence-electron chi connectivity index (χ3n) is 3.59. The topological polar surface area (TPSA) is 70.7 Å². The number of anilines is 1. The molecule has 0 spiro atoms. The fraction of sp³-hybridized carbons (Fsp3) is 0. The lowest BCUT2D eigenvalue weighted by Gasteiger charge is -2.07. The van der Waals surface area contributed by atoms with Crippen LogP contribution in [0, 0.1) is 0 Å². The molecule has 0 radical (unpaired) electrons. The van der Waals surface area contributed by atoms with Crippen molar-refractivity contribution in [1.82, 2.24) is 15.0 Å². The maximum absolute atomic E-state index is 12.7. The normalized spacial score (nSPS) is 10.7. The summed E-state index contributed by atoms with van der Waals surface area (Å²) in [5.74, 6) is 0.177. The summed E-state index contributed by atoms with van der Waals surface area (Å²) in [7, 11) is 0. The summed E-state index contributed by atoms with van der Waals surface area (Å²) in [6.07, 6.45) is 1.68. The number of nitrogens with zero attached hydrogens (tertiary/aromatic N) is 2. The number of aromatic nitrogens is 3. The number of hydrogen-bond donors (Lipinski definition) is 2. The molecule has 0 bridgehead atoms. The predicted molar refractivity (Wildman–Crippen MR) is 98.8 cm³/mol. The molecule has 0 aliphatic carbocycles. The van der Waals surface area contributed by atoms with E-state index in [9.17, 15) is 4.79 Å². The molecule has 5 nitrogen and oxygen atoms in total. The van der Waals surface area contributed by atoms with Crippen molar-refractivity contribution in [2.75, 3.05) is 5.32 Å². The number of hydrogen-bond acceptors (Lipinski definition) is 4. The predicted octanol–water partition coefficient (Wildman–Crippen LogP) is 4.36. The van der Waals surface area contributed by atoms with Gasteiger partial charge in [0.25, 0.3) is 5.91 Å². The van der Waals surface area contributed by atoms with Crippen molar-refractivity contribution in [3.8, 4) is 0 Å². The Morgan fingerprint density at radius 2 is 1.76 bits per heavy atom. The molecular weight excluding hydrogens is 332 g/mol. The number of rotatable bonds is 4. The molecule has 122 valence electrons. The number of pyridine rings is 1. The van der Waals surface area contributed by atoms with E-state index in [0.29, 0.717) is 16.5 Å². The highest BCUT2D eigenvalue weighted by Crippen LogP contribution is 2.28. The van der Waals surface area contributed by atoms with E-state index in [-0.39, 0.29) is 5.91 Å². The summed E-state index contributed by atoms with van der Waals surface area (Å²) in [5, 5.41) is 3.47. The molecule has 2 aromatic carbocycles. The van der Waals surface area contributed by atoms with E-state index in [1.807, 2.05) is 54.6 Å². The largest absolute Gasteiger partial charge is 0.324 e. The zero-order valence-corrected chi connectivity index (χ0v) is 14.0. The molecule has 0 fully saturated rings. The highest BCUT2D eigenvalue weighted by Gasteiger charge is 2.15. The first kappa shape index (κ1) is 15.4. The molecule has 2 N–H and O–H groups in total. The van der Waals surface area contributed by atoms with Crippen LogP contribution in [0.15, 0.2) is 82.8 Å². The Hall–Kier alpha value is -3.12. The van der Waals surface area contributed by atoms with Gasteiger partial charge < -0.3 is 4.98 Å². The van der Waals surface area contributed by atoms with Crippen molar-refractivity contribution in [2.24, 2.45) is 0 Å². The molecule has 0 saturated carbocycles. The third kappa shape index (κ3) is 3.39. The molecule has 25 heavy (non-hydrogen) atoms. The lowest BCUT2D eigenvalue weighted by molar-refractivity contribution is 0.102. The Morgan fingerprint density at radius 3 is 2.60 bits per heavy atom. The van der Waals surface area contributed by atoms with Crippen LogP contribution in [0.25, 0.3) is 11.0 Å². The van der Waals surface area contributed by atoms with Crippen LogP contribution in [0.2, 0.25) is 0 Å². The average molecular weight is 346 g/mol. The number of imidazole rings is 1. The van der Waals surface area contributed by atoms with Crippen molar-refractivity contribution < 1.29 is 4.79 Å². The monoisotopic (exact) mass is 346 g/mol. The number of H-pyrrole nitrogens is 1. The average Bonchev–Trinajstić information content (AvgIpc) is 3.05. The van der Waals surface area contributed by atoms with E-state index in [1.54, 1.807) is 18.3 Å². The van der Waals surface area contributed by atoms with Crippen LogP contribution in [0.5, 0.6) is 0 Å². The van der Waals surface area contributed by atoms with Crippen LogP contribution in [0.1, 0.15) is 10.4 Å². The number of para-hydroxylation sites is 2. The first-order chi connectivity index (χ1) is 12.3. The molecule has 1 amide bonds. The number of aromatic amines is 1. The summed E-state index contributed by atoms with van der Waals surface area (Å²) in [4.78, 5) is 25.5. The Kier molecular flexibility index (Phi) is 4.18. The van der Waals surface area contributed by atoms with Crippen LogP contribution in [-0.4, -0.2) is 20.9 Å². The summed E-state index contributed by atoms with van der Waals surface area (Å²) in [5.41, 5.74) is 2.20. The van der Waals surface area contributed by atoms with E-state index in [0.717, 1.165) is 15.9 Å². The van der Waals surface area contributed by atoms with Crippen molar-refractivity contribution >= 4 is 34.7 Å². The van der Waals surface area contributed by atoms with Gasteiger partial charge in [0.2, 0.25) is 5.95 Å². The Bertz CT molecular complexity index is 997. The van der Waals surface area contributed by atoms with E-state index in [4.69, 9.17) is 0 Å². The lowest BCUT2D eigenvalue weighted by Crippen LogP contribution is -2.14. The standard InChI is InChI=1S/C19H14N4OS/c24-17(23-19-21-15-10-4-5-11-16(15)22-19)14-9-6-12-20-18(14)25-13-7-2-1-3-8-13/h1-12H,(H2,21,22,23,24). The van der Waals surface area contributed by atoms with Gasteiger partial charge in [0.15, 0.2) is 0 Å². The molecule has 0 unspecified atom stereocenters. The maximum Gasteiger partial charge on any atom is 0.260 e. The van der Waals surface area contributed by atoms with E-state index in [2.05, 4.69) is 20.3 Å². The highest BCUT2D eigenvalue weighted by atomic mass is 32.2. The molecule has 6 heteroatoms. The summed E-state index contributed by atoms with van der Waals surface area (Å²) < 4.78 is 0. The number of fused-ring (bicyclic) bond motifs is 1. The molecule has 0 saturated heterocycles.